The first-order chi connectivity index (χ1) is 6.24. The molecule has 0 radical (unpaired) electrons. The lowest BCUT2D eigenvalue weighted by Crippen LogP contribution is -1.98. The van der Waals surface area contributed by atoms with Crippen LogP contribution in [0.1, 0.15) is 5.56 Å². The number of allylic oxidation sites excluding steroid dienone is 3. The number of hydrogen-bond acceptors (Lipinski definition) is 4. The first-order valence-corrected chi connectivity index (χ1v) is 3.61. The standard InChI is InChI=1S/C8H10N4O/c9-7(5-13)1-2-8(10)6-3-11-12-4-6/h1-5H,9-10H2,(H,11,12)/b7-1-,8-2-. The molecule has 0 saturated carbocycles. The van der Waals surface area contributed by atoms with Gasteiger partial charge >= 0.3 is 0 Å². The molecule has 0 amide bonds. The maximum atomic E-state index is 10.1. The minimum Gasteiger partial charge on any atom is -0.398 e. The third-order valence-electron chi connectivity index (χ3n) is 1.42. The molecule has 5 nitrogen and oxygen atoms in total. The van der Waals surface area contributed by atoms with Crippen molar-refractivity contribution in [1.29, 1.82) is 0 Å². The number of nitrogens with two attached hydrogens (primary N) is 2. The molecule has 5 heteroatoms. The normalized spacial score (nSPS) is 12.9. The van der Waals surface area contributed by atoms with E-state index < -0.39 is 0 Å². The zero-order valence-electron chi connectivity index (χ0n) is 6.90. The molecule has 1 aromatic heterocycles. The summed E-state index contributed by atoms with van der Waals surface area (Å²) < 4.78 is 0. The number of aromatic nitrogens is 2. The van der Waals surface area contributed by atoms with E-state index in [-0.39, 0.29) is 5.70 Å². The van der Waals surface area contributed by atoms with Crippen molar-refractivity contribution in [3.05, 3.63) is 35.8 Å². The van der Waals surface area contributed by atoms with Crippen molar-refractivity contribution in [2.75, 3.05) is 0 Å². The van der Waals surface area contributed by atoms with Gasteiger partial charge in [-0.1, -0.05) is 0 Å². The minimum absolute atomic E-state index is 0.131. The number of carbonyl (C=O) groups excluding carboxylic acids is 1. The van der Waals surface area contributed by atoms with Crippen molar-refractivity contribution >= 4 is 12.0 Å². The van der Waals surface area contributed by atoms with Gasteiger partial charge in [0.25, 0.3) is 0 Å². The van der Waals surface area contributed by atoms with E-state index in [0.717, 1.165) is 5.56 Å². The van der Waals surface area contributed by atoms with E-state index in [1.165, 1.54) is 6.08 Å². The molecule has 1 heterocycles. The highest BCUT2D eigenvalue weighted by atomic mass is 16.1. The molecule has 13 heavy (non-hydrogen) atoms. The van der Waals surface area contributed by atoms with Crippen LogP contribution >= 0.6 is 0 Å². The van der Waals surface area contributed by atoms with Crippen molar-refractivity contribution < 1.29 is 4.79 Å². The summed E-state index contributed by atoms with van der Waals surface area (Å²) in [6.07, 6.45) is 6.77. The Morgan fingerprint density at radius 1 is 1.46 bits per heavy atom. The molecular formula is C8H10N4O. The highest BCUT2D eigenvalue weighted by Gasteiger charge is 1.94. The van der Waals surface area contributed by atoms with Gasteiger partial charge in [0.15, 0.2) is 6.29 Å². The van der Waals surface area contributed by atoms with Crippen molar-refractivity contribution in [2.24, 2.45) is 11.5 Å². The van der Waals surface area contributed by atoms with Gasteiger partial charge < -0.3 is 11.5 Å². The van der Waals surface area contributed by atoms with Crippen molar-refractivity contribution in [3.8, 4) is 0 Å². The fraction of sp³-hybridized carbons (Fsp3) is 0. The zero-order valence-corrected chi connectivity index (χ0v) is 6.90. The van der Waals surface area contributed by atoms with Crippen LogP contribution in [0.25, 0.3) is 5.70 Å². The van der Waals surface area contributed by atoms with E-state index >= 15 is 0 Å². The van der Waals surface area contributed by atoms with Crippen LogP contribution in [0, 0.1) is 0 Å². The first-order valence-electron chi connectivity index (χ1n) is 3.61. The fourth-order valence-electron chi connectivity index (χ4n) is 0.730. The lowest BCUT2D eigenvalue weighted by atomic mass is 10.2. The highest BCUT2D eigenvalue weighted by Crippen LogP contribution is 2.04. The Balaban J connectivity index is 2.79. The molecule has 0 atom stereocenters. The molecule has 1 aromatic rings. The number of carbonyl (C=O) groups is 1. The second-order valence-electron chi connectivity index (χ2n) is 2.39. The van der Waals surface area contributed by atoms with Gasteiger partial charge in [-0.05, 0) is 12.2 Å². The molecule has 0 aromatic carbocycles. The van der Waals surface area contributed by atoms with Crippen LogP contribution in [0.3, 0.4) is 0 Å². The Morgan fingerprint density at radius 3 is 2.77 bits per heavy atom. The van der Waals surface area contributed by atoms with E-state index in [2.05, 4.69) is 10.2 Å². The lowest BCUT2D eigenvalue weighted by Gasteiger charge is -1.92. The molecule has 5 N–H and O–H groups in total. The molecule has 68 valence electrons. The van der Waals surface area contributed by atoms with Gasteiger partial charge in [0.05, 0.1) is 11.9 Å². The van der Waals surface area contributed by atoms with Crippen LogP contribution < -0.4 is 11.5 Å². The van der Waals surface area contributed by atoms with Gasteiger partial charge in [0.1, 0.15) is 0 Å². The molecule has 1 rings (SSSR count). The van der Waals surface area contributed by atoms with Crippen LogP contribution in [0.2, 0.25) is 0 Å². The summed E-state index contributed by atoms with van der Waals surface area (Å²) in [5.74, 6) is 0. The van der Waals surface area contributed by atoms with Gasteiger partial charge in [-0.15, -0.1) is 0 Å². The number of H-pyrrole nitrogens is 1. The molecule has 0 unspecified atom stereocenters. The van der Waals surface area contributed by atoms with Crippen molar-refractivity contribution in [2.45, 2.75) is 0 Å². The molecular weight excluding hydrogens is 168 g/mol. The Hall–Kier alpha value is -2.04. The van der Waals surface area contributed by atoms with Crippen molar-refractivity contribution in [3.63, 3.8) is 0 Å². The average Bonchev–Trinajstić information content (AvgIpc) is 2.66. The predicted molar refractivity (Wildman–Crippen MR) is 49.1 cm³/mol. The van der Waals surface area contributed by atoms with Crippen LogP contribution in [0.4, 0.5) is 0 Å². The van der Waals surface area contributed by atoms with Crippen LogP contribution in [0.15, 0.2) is 30.2 Å². The third-order valence-corrected chi connectivity index (χ3v) is 1.42. The Labute approximate surface area is 75.1 Å². The van der Waals surface area contributed by atoms with Gasteiger partial charge in [-0.3, -0.25) is 9.89 Å². The van der Waals surface area contributed by atoms with Crippen molar-refractivity contribution in [1.82, 2.24) is 10.2 Å². The van der Waals surface area contributed by atoms with E-state index in [1.807, 2.05) is 0 Å². The van der Waals surface area contributed by atoms with E-state index in [4.69, 9.17) is 11.5 Å². The Morgan fingerprint density at radius 2 is 2.23 bits per heavy atom. The average molecular weight is 178 g/mol. The Bertz CT molecular complexity index is 337. The second-order valence-corrected chi connectivity index (χ2v) is 2.39. The smallest absolute Gasteiger partial charge is 0.165 e. The monoisotopic (exact) mass is 178 g/mol. The van der Waals surface area contributed by atoms with Crippen LogP contribution in [-0.4, -0.2) is 16.5 Å². The molecule has 0 aliphatic carbocycles. The highest BCUT2D eigenvalue weighted by molar-refractivity contribution is 5.73. The number of rotatable bonds is 3. The predicted octanol–water partition coefficient (Wildman–Crippen LogP) is -0.249. The SMILES string of the molecule is N/C(C=O)=C\C=C(/N)c1cn[nH]c1. The van der Waals surface area contributed by atoms with Gasteiger partial charge in [0, 0.05) is 17.5 Å². The third kappa shape index (κ3) is 2.48. The zero-order chi connectivity index (χ0) is 9.68. The van der Waals surface area contributed by atoms with Crippen LogP contribution in [0.5, 0.6) is 0 Å². The topological polar surface area (TPSA) is 97.8 Å². The summed E-state index contributed by atoms with van der Waals surface area (Å²) >= 11 is 0. The van der Waals surface area contributed by atoms with E-state index in [9.17, 15) is 4.79 Å². The Kier molecular flexibility index (Phi) is 2.86. The van der Waals surface area contributed by atoms with Gasteiger partial charge in [-0.2, -0.15) is 5.10 Å². The summed E-state index contributed by atoms with van der Waals surface area (Å²) in [5, 5.41) is 6.34. The van der Waals surface area contributed by atoms with Gasteiger partial charge in [0.2, 0.25) is 0 Å². The molecule has 0 fully saturated rings. The number of aromatic amines is 1. The molecule has 0 saturated heterocycles. The number of aldehydes is 1. The van der Waals surface area contributed by atoms with Gasteiger partial charge in [-0.25, -0.2) is 0 Å². The molecule has 0 aliphatic rings. The molecule has 0 bridgehead atoms. The number of nitrogens with zero attached hydrogens (tertiary/aromatic N) is 1. The molecule has 0 aliphatic heterocycles. The summed E-state index contributed by atoms with van der Waals surface area (Å²) in [4.78, 5) is 10.1. The first kappa shape index (κ1) is 9.05. The summed E-state index contributed by atoms with van der Waals surface area (Å²) in [6, 6.07) is 0. The number of nitrogens with one attached hydrogen (secondary N) is 1. The minimum atomic E-state index is 0.131. The van der Waals surface area contributed by atoms with Crippen LogP contribution in [-0.2, 0) is 4.79 Å². The summed E-state index contributed by atoms with van der Waals surface area (Å²) in [7, 11) is 0. The lowest BCUT2D eigenvalue weighted by molar-refractivity contribution is -0.104. The largest absolute Gasteiger partial charge is 0.398 e. The summed E-state index contributed by atoms with van der Waals surface area (Å²) in [6.45, 7) is 0. The molecule has 0 spiro atoms. The fourth-order valence-corrected chi connectivity index (χ4v) is 0.730. The summed E-state index contributed by atoms with van der Waals surface area (Å²) in [5.41, 5.74) is 12.3. The van der Waals surface area contributed by atoms with E-state index in [0.29, 0.717) is 12.0 Å². The second kappa shape index (κ2) is 4.10. The number of hydrogen-bond donors (Lipinski definition) is 3. The quantitative estimate of drug-likeness (QED) is 0.337. The van der Waals surface area contributed by atoms with E-state index in [1.54, 1.807) is 18.5 Å². The maximum Gasteiger partial charge on any atom is 0.165 e. The maximum absolute atomic E-state index is 10.1.